The number of carbonyl (C=O) groups excluding carboxylic acids is 2. The first-order chi connectivity index (χ1) is 15.6. The van der Waals surface area contributed by atoms with Crippen molar-refractivity contribution in [3.05, 3.63) is 35.7 Å². The van der Waals surface area contributed by atoms with Gasteiger partial charge in [0, 0.05) is 30.3 Å². The zero-order valence-corrected chi connectivity index (χ0v) is 19.5. The van der Waals surface area contributed by atoms with Crippen LogP contribution in [0.15, 0.2) is 28.8 Å². The molecule has 0 bridgehead atoms. The average molecular weight is 461 g/mol. The van der Waals surface area contributed by atoms with Crippen molar-refractivity contribution in [2.45, 2.75) is 64.9 Å². The smallest absolute Gasteiger partial charge is 0.410 e. The molecule has 1 aliphatic heterocycles. The van der Waals surface area contributed by atoms with Crippen LogP contribution in [0.1, 0.15) is 56.7 Å². The topological polar surface area (TPSA) is 127 Å². The number of amides is 2. The first-order valence-corrected chi connectivity index (χ1v) is 11.1. The van der Waals surface area contributed by atoms with E-state index in [0.717, 1.165) is 0 Å². The lowest BCUT2D eigenvalue weighted by atomic mass is 10.1. The molecule has 2 heterocycles. The van der Waals surface area contributed by atoms with E-state index >= 15 is 0 Å². The zero-order valence-electron chi connectivity index (χ0n) is 19.5. The summed E-state index contributed by atoms with van der Waals surface area (Å²) in [6.07, 6.45) is 1.13. The van der Waals surface area contributed by atoms with E-state index in [-0.39, 0.29) is 37.4 Å². The van der Waals surface area contributed by atoms with Gasteiger partial charge < -0.3 is 29.3 Å². The van der Waals surface area contributed by atoms with Gasteiger partial charge in [0.25, 0.3) is 11.8 Å². The van der Waals surface area contributed by atoms with Gasteiger partial charge >= 0.3 is 6.09 Å². The Morgan fingerprint density at radius 2 is 1.91 bits per heavy atom. The lowest BCUT2D eigenvalue weighted by molar-refractivity contribution is -0.0190. The second kappa shape index (κ2) is 10.8. The lowest BCUT2D eigenvalue weighted by Crippen LogP contribution is -2.43. The molecular formula is C23H32N4O6. The highest BCUT2D eigenvalue weighted by molar-refractivity contribution is 5.94. The van der Waals surface area contributed by atoms with Gasteiger partial charge in [-0.05, 0) is 64.8 Å². The van der Waals surface area contributed by atoms with Gasteiger partial charge in [-0.1, -0.05) is 5.16 Å². The van der Waals surface area contributed by atoms with Gasteiger partial charge in [-0.3, -0.25) is 4.79 Å². The SMILES string of the molecule is C[C@H](CO)NC(=O)c1ccc(-c2nc(COC3CCN(C(=O)OC(C)(C)C)CC3)no2)cc1. The number of aliphatic hydroxyl groups is 1. The minimum Gasteiger partial charge on any atom is -0.444 e. The molecule has 0 saturated carbocycles. The Morgan fingerprint density at radius 3 is 2.52 bits per heavy atom. The van der Waals surface area contributed by atoms with Crippen molar-refractivity contribution in [1.82, 2.24) is 20.4 Å². The van der Waals surface area contributed by atoms with Crippen molar-refractivity contribution in [3.8, 4) is 11.5 Å². The summed E-state index contributed by atoms with van der Waals surface area (Å²) in [5.74, 6) is 0.502. The second-order valence-corrected chi connectivity index (χ2v) is 9.13. The molecule has 180 valence electrons. The Balaban J connectivity index is 1.47. The molecule has 2 amide bonds. The maximum atomic E-state index is 12.2. The maximum Gasteiger partial charge on any atom is 0.410 e. The molecular weight excluding hydrogens is 428 g/mol. The molecule has 10 nitrogen and oxygen atoms in total. The van der Waals surface area contributed by atoms with E-state index in [1.54, 1.807) is 36.1 Å². The molecule has 1 fully saturated rings. The van der Waals surface area contributed by atoms with Crippen LogP contribution in [0.2, 0.25) is 0 Å². The largest absolute Gasteiger partial charge is 0.444 e. The molecule has 3 rings (SSSR count). The summed E-state index contributed by atoms with van der Waals surface area (Å²) in [5, 5.41) is 15.7. The molecule has 1 atom stereocenters. The average Bonchev–Trinajstić information content (AvgIpc) is 3.26. The van der Waals surface area contributed by atoms with Crippen molar-refractivity contribution in [1.29, 1.82) is 0 Å². The van der Waals surface area contributed by atoms with Crippen molar-refractivity contribution < 1.29 is 28.7 Å². The zero-order chi connectivity index (χ0) is 24.0. The normalized spacial score (nSPS) is 15.8. The number of benzene rings is 1. The standard InChI is InChI=1S/C23H32N4O6/c1-15(13-28)24-20(29)16-5-7-17(8-6-16)21-25-19(26-33-21)14-31-18-9-11-27(12-10-18)22(30)32-23(2,3)4/h5-8,15,18,28H,9-14H2,1-4H3,(H,24,29)/t15-/m1/s1. The third-order valence-electron chi connectivity index (χ3n) is 5.06. The number of piperidine rings is 1. The molecule has 2 aromatic rings. The number of nitrogens with one attached hydrogen (secondary N) is 1. The van der Waals surface area contributed by atoms with E-state index in [9.17, 15) is 9.59 Å². The monoisotopic (exact) mass is 460 g/mol. The van der Waals surface area contributed by atoms with Gasteiger partial charge in [0.2, 0.25) is 0 Å². The van der Waals surface area contributed by atoms with E-state index in [1.165, 1.54) is 0 Å². The molecule has 2 N–H and O–H groups in total. The summed E-state index contributed by atoms with van der Waals surface area (Å²) >= 11 is 0. The van der Waals surface area contributed by atoms with Crippen LogP contribution in [-0.2, 0) is 16.1 Å². The Bertz CT molecular complexity index is 929. The van der Waals surface area contributed by atoms with Crippen LogP contribution in [0.5, 0.6) is 0 Å². The quantitative estimate of drug-likeness (QED) is 0.646. The fourth-order valence-corrected chi connectivity index (χ4v) is 3.27. The number of nitrogens with zero attached hydrogens (tertiary/aromatic N) is 3. The number of likely N-dealkylation sites (tertiary alicyclic amines) is 1. The number of aliphatic hydroxyl groups excluding tert-OH is 1. The van der Waals surface area contributed by atoms with E-state index in [1.807, 2.05) is 20.8 Å². The van der Waals surface area contributed by atoms with Gasteiger partial charge in [0.05, 0.1) is 12.7 Å². The Hall–Kier alpha value is -2.98. The highest BCUT2D eigenvalue weighted by atomic mass is 16.6. The minimum atomic E-state index is -0.508. The molecule has 0 radical (unpaired) electrons. The predicted molar refractivity (Wildman–Crippen MR) is 119 cm³/mol. The van der Waals surface area contributed by atoms with Gasteiger partial charge in [0.1, 0.15) is 12.2 Å². The number of ether oxygens (including phenoxy) is 2. The van der Waals surface area contributed by atoms with Crippen LogP contribution in [0.4, 0.5) is 4.79 Å². The van der Waals surface area contributed by atoms with Crippen molar-refractivity contribution in [2.75, 3.05) is 19.7 Å². The summed E-state index contributed by atoms with van der Waals surface area (Å²) in [4.78, 5) is 30.3. The fraction of sp³-hybridized carbons (Fsp3) is 0.565. The summed E-state index contributed by atoms with van der Waals surface area (Å²) in [5.41, 5.74) is 0.650. The Labute approximate surface area is 193 Å². The van der Waals surface area contributed by atoms with Gasteiger partial charge in [-0.25, -0.2) is 4.79 Å². The molecule has 33 heavy (non-hydrogen) atoms. The summed E-state index contributed by atoms with van der Waals surface area (Å²) in [6, 6.07) is 6.45. The minimum absolute atomic E-state index is 0.00439. The number of hydrogen-bond donors (Lipinski definition) is 2. The molecule has 0 unspecified atom stereocenters. The van der Waals surface area contributed by atoms with Crippen molar-refractivity contribution in [3.63, 3.8) is 0 Å². The molecule has 1 saturated heterocycles. The van der Waals surface area contributed by atoms with E-state index in [2.05, 4.69) is 15.5 Å². The van der Waals surface area contributed by atoms with Crippen LogP contribution in [0.25, 0.3) is 11.5 Å². The van der Waals surface area contributed by atoms with Crippen LogP contribution in [0, 0.1) is 0 Å². The van der Waals surface area contributed by atoms with Crippen LogP contribution in [0.3, 0.4) is 0 Å². The van der Waals surface area contributed by atoms with Gasteiger partial charge in [-0.15, -0.1) is 0 Å². The molecule has 0 aliphatic carbocycles. The molecule has 1 aromatic carbocycles. The maximum absolute atomic E-state index is 12.2. The first kappa shape index (κ1) is 24.7. The highest BCUT2D eigenvalue weighted by Crippen LogP contribution is 2.20. The third kappa shape index (κ3) is 7.26. The summed E-state index contributed by atoms with van der Waals surface area (Å²) in [6.45, 7) is 8.51. The van der Waals surface area contributed by atoms with Crippen molar-refractivity contribution >= 4 is 12.0 Å². The Morgan fingerprint density at radius 1 is 1.24 bits per heavy atom. The molecule has 1 aromatic heterocycles. The predicted octanol–water partition coefficient (Wildman–Crippen LogP) is 2.76. The van der Waals surface area contributed by atoms with E-state index in [0.29, 0.717) is 48.8 Å². The highest BCUT2D eigenvalue weighted by Gasteiger charge is 2.27. The summed E-state index contributed by atoms with van der Waals surface area (Å²) < 4.78 is 16.6. The van der Waals surface area contributed by atoms with E-state index < -0.39 is 5.60 Å². The van der Waals surface area contributed by atoms with Gasteiger partial charge in [0.15, 0.2) is 5.82 Å². The number of rotatable bonds is 7. The summed E-state index contributed by atoms with van der Waals surface area (Å²) in [7, 11) is 0. The fourth-order valence-electron chi connectivity index (χ4n) is 3.27. The number of aromatic nitrogens is 2. The van der Waals surface area contributed by atoms with Crippen LogP contribution in [-0.4, -0.2) is 69.6 Å². The first-order valence-electron chi connectivity index (χ1n) is 11.1. The molecule has 10 heteroatoms. The molecule has 1 aliphatic rings. The van der Waals surface area contributed by atoms with Gasteiger partial charge in [-0.2, -0.15) is 4.98 Å². The number of hydrogen-bond acceptors (Lipinski definition) is 8. The Kier molecular flexibility index (Phi) is 8.04. The second-order valence-electron chi connectivity index (χ2n) is 9.13. The lowest BCUT2D eigenvalue weighted by Gasteiger charge is -2.33. The van der Waals surface area contributed by atoms with E-state index in [4.69, 9.17) is 19.1 Å². The number of carbonyl (C=O) groups is 2. The van der Waals surface area contributed by atoms with Crippen molar-refractivity contribution in [2.24, 2.45) is 0 Å². The van der Waals surface area contributed by atoms with Crippen LogP contribution >= 0.6 is 0 Å². The third-order valence-corrected chi connectivity index (χ3v) is 5.06. The molecule has 0 spiro atoms. The van der Waals surface area contributed by atoms with Crippen LogP contribution < -0.4 is 5.32 Å².